The number of rotatable bonds is 6. The van der Waals surface area contributed by atoms with Gasteiger partial charge in [-0.25, -0.2) is 4.39 Å². The van der Waals surface area contributed by atoms with Crippen LogP contribution in [0.2, 0.25) is 0 Å². The first-order valence-corrected chi connectivity index (χ1v) is 11.8. The standard InChI is InChI=1S/C26H30FN5O/c1-30(20-7-3-2-4-8-20)29-26-19(18-33)17-28-24-16-25(23(27)15-22(24)26)32-13-11-31(12-14-32)21-9-5-6-10-21/h2-4,7-8,15-18,21H,5-6,9-14H2,1H3,(H,28,29). The summed E-state index contributed by atoms with van der Waals surface area (Å²) in [5.41, 5.74) is 6.38. The number of carbonyl (C=O) groups is 1. The third kappa shape index (κ3) is 4.37. The van der Waals surface area contributed by atoms with Crippen LogP contribution >= 0.6 is 0 Å². The molecule has 0 unspecified atom stereocenters. The molecule has 1 aliphatic heterocycles. The minimum absolute atomic E-state index is 0.285. The van der Waals surface area contributed by atoms with Crippen LogP contribution in [0, 0.1) is 5.82 Å². The lowest BCUT2D eigenvalue weighted by molar-refractivity contribution is 0.112. The van der Waals surface area contributed by atoms with E-state index in [2.05, 4.69) is 20.2 Å². The predicted molar refractivity (Wildman–Crippen MR) is 132 cm³/mol. The van der Waals surface area contributed by atoms with Crippen molar-refractivity contribution in [2.45, 2.75) is 31.7 Å². The minimum Gasteiger partial charge on any atom is -0.367 e. The third-order valence-corrected chi connectivity index (χ3v) is 7.01. The lowest BCUT2D eigenvalue weighted by atomic mass is 10.1. The second-order valence-electron chi connectivity index (χ2n) is 8.99. The molecule has 33 heavy (non-hydrogen) atoms. The number of hydrazine groups is 1. The molecule has 0 atom stereocenters. The van der Waals surface area contributed by atoms with Crippen LogP contribution < -0.4 is 15.3 Å². The number of hydrogen-bond donors (Lipinski definition) is 1. The monoisotopic (exact) mass is 447 g/mol. The normalized spacial score (nSPS) is 17.5. The number of fused-ring (bicyclic) bond motifs is 1. The van der Waals surface area contributed by atoms with Crippen molar-refractivity contribution < 1.29 is 9.18 Å². The van der Waals surface area contributed by atoms with E-state index in [1.165, 1.54) is 31.7 Å². The van der Waals surface area contributed by atoms with Crippen molar-refractivity contribution in [3.63, 3.8) is 0 Å². The van der Waals surface area contributed by atoms with E-state index < -0.39 is 0 Å². The Morgan fingerprint density at radius 1 is 1.09 bits per heavy atom. The fourth-order valence-corrected chi connectivity index (χ4v) is 5.15. The zero-order chi connectivity index (χ0) is 22.8. The molecule has 3 aromatic rings. The summed E-state index contributed by atoms with van der Waals surface area (Å²) in [5.74, 6) is -0.285. The number of nitrogens with zero attached hydrogens (tertiary/aromatic N) is 4. The number of piperazine rings is 1. The predicted octanol–water partition coefficient (Wildman–Crippen LogP) is 4.71. The average molecular weight is 448 g/mol. The van der Waals surface area contributed by atoms with Gasteiger partial charge in [-0.3, -0.25) is 25.1 Å². The van der Waals surface area contributed by atoms with Gasteiger partial charge in [0.1, 0.15) is 5.82 Å². The topological polar surface area (TPSA) is 51.7 Å². The Hall–Kier alpha value is -3.19. The molecule has 1 aliphatic carbocycles. The lowest BCUT2D eigenvalue weighted by Gasteiger charge is -2.39. The van der Waals surface area contributed by atoms with Crippen molar-refractivity contribution in [1.82, 2.24) is 9.88 Å². The van der Waals surface area contributed by atoms with E-state index in [9.17, 15) is 4.79 Å². The van der Waals surface area contributed by atoms with Crippen molar-refractivity contribution >= 4 is 34.3 Å². The van der Waals surface area contributed by atoms with Gasteiger partial charge in [-0.1, -0.05) is 31.0 Å². The Kier molecular flexibility index (Phi) is 6.13. The summed E-state index contributed by atoms with van der Waals surface area (Å²) in [6.45, 7) is 3.56. The Morgan fingerprint density at radius 3 is 2.52 bits per heavy atom. The molecule has 172 valence electrons. The van der Waals surface area contributed by atoms with Crippen LogP contribution in [-0.2, 0) is 0 Å². The first-order chi connectivity index (χ1) is 16.1. The Balaban J connectivity index is 1.41. The molecule has 2 aromatic carbocycles. The SMILES string of the molecule is CN(Nc1c(C=O)cnc2cc(N3CCN(C4CCCC4)CC3)c(F)cc12)c1ccccc1. The van der Waals surface area contributed by atoms with E-state index in [-0.39, 0.29) is 5.82 Å². The number of anilines is 3. The summed E-state index contributed by atoms with van der Waals surface area (Å²) in [7, 11) is 1.87. The molecule has 6 nitrogen and oxygen atoms in total. The quantitative estimate of drug-likeness (QED) is 0.436. The fourth-order valence-electron chi connectivity index (χ4n) is 5.15. The zero-order valence-electron chi connectivity index (χ0n) is 19.0. The second kappa shape index (κ2) is 9.35. The maximum atomic E-state index is 15.4. The van der Waals surface area contributed by atoms with Gasteiger partial charge in [0, 0.05) is 50.9 Å². The van der Waals surface area contributed by atoms with Crippen molar-refractivity contribution in [3.05, 3.63) is 60.0 Å². The van der Waals surface area contributed by atoms with Crippen molar-refractivity contribution in [2.75, 3.05) is 48.6 Å². The molecule has 0 amide bonds. The molecule has 0 radical (unpaired) electrons. The van der Waals surface area contributed by atoms with Crippen LogP contribution in [0.15, 0.2) is 48.7 Å². The largest absolute Gasteiger partial charge is 0.367 e. The molecule has 1 saturated carbocycles. The number of halogens is 1. The van der Waals surface area contributed by atoms with Crippen LogP contribution in [0.4, 0.5) is 21.5 Å². The molecule has 5 rings (SSSR count). The number of carbonyl (C=O) groups excluding carboxylic acids is 1. The van der Waals surface area contributed by atoms with Crippen molar-refractivity contribution in [2.24, 2.45) is 0 Å². The smallest absolute Gasteiger partial charge is 0.153 e. The maximum absolute atomic E-state index is 15.4. The molecular weight excluding hydrogens is 417 g/mol. The third-order valence-electron chi connectivity index (χ3n) is 7.01. The van der Waals surface area contributed by atoms with Crippen LogP contribution in [0.25, 0.3) is 10.9 Å². The first-order valence-electron chi connectivity index (χ1n) is 11.8. The first kappa shape index (κ1) is 21.6. The highest BCUT2D eigenvalue weighted by atomic mass is 19.1. The van der Waals surface area contributed by atoms with Gasteiger partial charge < -0.3 is 4.90 Å². The van der Waals surface area contributed by atoms with Gasteiger partial charge in [0.15, 0.2) is 6.29 Å². The van der Waals surface area contributed by atoms with Gasteiger partial charge in [0.25, 0.3) is 0 Å². The zero-order valence-corrected chi connectivity index (χ0v) is 19.0. The highest BCUT2D eigenvalue weighted by molar-refractivity contribution is 6.01. The Bertz CT molecular complexity index is 1120. The van der Waals surface area contributed by atoms with Crippen LogP contribution in [0.1, 0.15) is 36.0 Å². The molecule has 7 heteroatoms. The van der Waals surface area contributed by atoms with Crippen LogP contribution in [0.3, 0.4) is 0 Å². The number of aromatic nitrogens is 1. The number of aldehydes is 1. The Morgan fingerprint density at radius 2 is 1.82 bits per heavy atom. The van der Waals surface area contributed by atoms with E-state index in [4.69, 9.17) is 0 Å². The van der Waals surface area contributed by atoms with E-state index >= 15 is 4.39 Å². The highest BCUT2D eigenvalue weighted by Crippen LogP contribution is 2.33. The molecule has 2 heterocycles. The minimum atomic E-state index is -0.285. The van der Waals surface area contributed by atoms with Crippen LogP contribution in [0.5, 0.6) is 0 Å². The van der Waals surface area contributed by atoms with Crippen LogP contribution in [-0.4, -0.2) is 55.4 Å². The van der Waals surface area contributed by atoms with Gasteiger partial charge in [0.2, 0.25) is 0 Å². The van der Waals surface area contributed by atoms with Gasteiger partial charge in [0.05, 0.1) is 28.1 Å². The highest BCUT2D eigenvalue weighted by Gasteiger charge is 2.27. The van der Waals surface area contributed by atoms with Gasteiger partial charge in [-0.05, 0) is 37.1 Å². The maximum Gasteiger partial charge on any atom is 0.153 e. The summed E-state index contributed by atoms with van der Waals surface area (Å²) in [6.07, 6.45) is 7.54. The molecule has 0 bridgehead atoms. The summed E-state index contributed by atoms with van der Waals surface area (Å²) in [4.78, 5) is 20.9. The summed E-state index contributed by atoms with van der Waals surface area (Å²) in [6, 6.07) is 13.8. The lowest BCUT2D eigenvalue weighted by Crippen LogP contribution is -2.50. The number of nitrogens with one attached hydrogen (secondary N) is 1. The van der Waals surface area contributed by atoms with Crippen molar-refractivity contribution in [1.29, 1.82) is 0 Å². The van der Waals surface area contributed by atoms with Gasteiger partial charge >= 0.3 is 0 Å². The summed E-state index contributed by atoms with van der Waals surface area (Å²) in [5, 5.41) is 2.41. The second-order valence-corrected chi connectivity index (χ2v) is 8.99. The molecular formula is C26H30FN5O. The van der Waals surface area contributed by atoms with Gasteiger partial charge in [-0.2, -0.15) is 0 Å². The number of pyridine rings is 1. The average Bonchev–Trinajstić information content (AvgIpc) is 3.40. The number of benzene rings is 2. The van der Waals surface area contributed by atoms with E-state index in [1.54, 1.807) is 6.20 Å². The molecule has 1 N–H and O–H groups in total. The molecule has 2 aliphatic rings. The molecule has 1 saturated heterocycles. The molecule has 0 spiro atoms. The van der Waals surface area contributed by atoms with E-state index in [0.29, 0.717) is 33.9 Å². The number of hydrogen-bond acceptors (Lipinski definition) is 6. The molecule has 1 aromatic heterocycles. The molecule has 2 fully saturated rings. The summed E-state index contributed by atoms with van der Waals surface area (Å²) >= 11 is 0. The fraction of sp³-hybridized carbons (Fsp3) is 0.385. The Labute approximate surface area is 194 Å². The van der Waals surface area contributed by atoms with Crippen molar-refractivity contribution in [3.8, 4) is 0 Å². The van der Waals surface area contributed by atoms with E-state index in [0.717, 1.165) is 38.2 Å². The summed E-state index contributed by atoms with van der Waals surface area (Å²) < 4.78 is 15.4. The van der Waals surface area contributed by atoms with Gasteiger partial charge in [-0.15, -0.1) is 0 Å². The van der Waals surface area contributed by atoms with E-state index in [1.807, 2.05) is 48.5 Å². The number of para-hydroxylation sites is 1.